The van der Waals surface area contributed by atoms with Crippen LogP contribution in [0.4, 0.5) is 0 Å². The van der Waals surface area contributed by atoms with Crippen LogP contribution in [0.1, 0.15) is 30.3 Å². The minimum Gasteiger partial charge on any atom is -0.392 e. The molecule has 1 N–H and O–H groups in total. The van der Waals surface area contributed by atoms with Gasteiger partial charge in [-0.15, -0.1) is 0 Å². The zero-order valence-electron chi connectivity index (χ0n) is 10.4. The lowest BCUT2D eigenvalue weighted by atomic mass is 10.2. The Bertz CT molecular complexity index is 373. The van der Waals surface area contributed by atoms with Crippen LogP contribution < -0.4 is 0 Å². The highest BCUT2D eigenvalue weighted by molar-refractivity contribution is 5.24. The number of nitrogens with zero attached hydrogens (tertiary/aromatic N) is 3. The molecule has 0 radical (unpaired) electrons. The first-order chi connectivity index (χ1) is 7.61. The van der Waals surface area contributed by atoms with Crippen molar-refractivity contribution in [1.82, 2.24) is 14.7 Å². The molecule has 4 nitrogen and oxygen atoms in total. The van der Waals surface area contributed by atoms with Crippen LogP contribution in [-0.2, 0) is 13.1 Å². The van der Waals surface area contributed by atoms with Gasteiger partial charge in [0.1, 0.15) is 0 Å². The van der Waals surface area contributed by atoms with E-state index in [1.807, 2.05) is 0 Å². The third-order valence-corrected chi connectivity index (χ3v) is 3.46. The maximum absolute atomic E-state index is 9.51. The van der Waals surface area contributed by atoms with Crippen molar-refractivity contribution in [3.63, 3.8) is 0 Å². The summed E-state index contributed by atoms with van der Waals surface area (Å²) in [5.74, 6) is 0. The van der Waals surface area contributed by atoms with Gasteiger partial charge in [-0.05, 0) is 27.2 Å². The van der Waals surface area contributed by atoms with Crippen LogP contribution in [0.2, 0.25) is 0 Å². The van der Waals surface area contributed by atoms with Gasteiger partial charge in [0, 0.05) is 37.4 Å². The Morgan fingerprint density at radius 2 is 2.19 bits per heavy atom. The molecule has 1 aliphatic rings. The fourth-order valence-electron chi connectivity index (χ4n) is 2.45. The molecule has 0 aromatic carbocycles. The lowest BCUT2D eigenvalue weighted by Crippen LogP contribution is -2.22. The number of likely N-dealkylation sites (tertiary alicyclic amines) is 1. The number of β-amino-alcohol motifs (C(OH)–C–C–N with tert-alkyl or cyclic N) is 1. The van der Waals surface area contributed by atoms with E-state index in [4.69, 9.17) is 0 Å². The third-order valence-electron chi connectivity index (χ3n) is 3.46. The van der Waals surface area contributed by atoms with Crippen molar-refractivity contribution in [3.05, 3.63) is 17.0 Å². The Morgan fingerprint density at radius 3 is 2.69 bits per heavy atom. The number of hydrogen-bond acceptors (Lipinski definition) is 3. The first kappa shape index (κ1) is 11.6. The van der Waals surface area contributed by atoms with E-state index < -0.39 is 0 Å². The topological polar surface area (TPSA) is 41.3 Å². The second kappa shape index (κ2) is 4.55. The standard InChI is InChI=1S/C12H21N3O/c1-4-15-10(3)12(9(2)13-15)8-14-6-5-11(16)7-14/h11,16H,4-8H2,1-3H3/t11-/m0/s1. The largest absolute Gasteiger partial charge is 0.392 e. The molecule has 90 valence electrons. The van der Waals surface area contributed by atoms with E-state index in [0.717, 1.165) is 38.3 Å². The van der Waals surface area contributed by atoms with E-state index in [2.05, 4.69) is 35.5 Å². The Morgan fingerprint density at radius 1 is 1.44 bits per heavy atom. The number of aryl methyl sites for hydroxylation is 2. The van der Waals surface area contributed by atoms with Gasteiger partial charge in [-0.3, -0.25) is 9.58 Å². The van der Waals surface area contributed by atoms with Gasteiger partial charge in [-0.2, -0.15) is 5.10 Å². The highest BCUT2D eigenvalue weighted by Crippen LogP contribution is 2.18. The first-order valence-corrected chi connectivity index (χ1v) is 6.05. The SMILES string of the molecule is CCn1nc(C)c(CN2CC[C@H](O)C2)c1C. The number of aliphatic hydroxyl groups excluding tert-OH is 1. The van der Waals surface area contributed by atoms with E-state index in [0.29, 0.717) is 0 Å². The Kier molecular flexibility index (Phi) is 3.30. The van der Waals surface area contributed by atoms with Crippen molar-refractivity contribution in [2.45, 2.75) is 46.4 Å². The summed E-state index contributed by atoms with van der Waals surface area (Å²) < 4.78 is 2.05. The van der Waals surface area contributed by atoms with Crippen LogP contribution in [0.15, 0.2) is 0 Å². The van der Waals surface area contributed by atoms with Gasteiger partial charge in [0.2, 0.25) is 0 Å². The summed E-state index contributed by atoms with van der Waals surface area (Å²) in [6.07, 6.45) is 0.766. The summed E-state index contributed by atoms with van der Waals surface area (Å²) in [6.45, 7) is 9.96. The average Bonchev–Trinajstić information content (AvgIpc) is 2.77. The molecular weight excluding hydrogens is 202 g/mol. The molecule has 1 aliphatic heterocycles. The molecule has 1 fully saturated rings. The highest BCUT2D eigenvalue weighted by Gasteiger charge is 2.22. The molecule has 2 heterocycles. The molecule has 1 atom stereocenters. The molecule has 4 heteroatoms. The molecule has 1 saturated heterocycles. The van der Waals surface area contributed by atoms with Crippen molar-refractivity contribution in [1.29, 1.82) is 0 Å². The zero-order chi connectivity index (χ0) is 11.7. The molecule has 0 saturated carbocycles. The highest BCUT2D eigenvalue weighted by atomic mass is 16.3. The summed E-state index contributed by atoms with van der Waals surface area (Å²) in [5, 5.41) is 14.0. The summed E-state index contributed by atoms with van der Waals surface area (Å²) >= 11 is 0. The quantitative estimate of drug-likeness (QED) is 0.834. The number of hydrogen-bond donors (Lipinski definition) is 1. The molecular formula is C12H21N3O. The van der Waals surface area contributed by atoms with Crippen molar-refractivity contribution in [2.75, 3.05) is 13.1 Å². The van der Waals surface area contributed by atoms with Gasteiger partial charge in [0.25, 0.3) is 0 Å². The fraction of sp³-hybridized carbons (Fsp3) is 0.750. The summed E-state index contributed by atoms with van der Waals surface area (Å²) in [7, 11) is 0. The molecule has 0 amide bonds. The first-order valence-electron chi connectivity index (χ1n) is 6.05. The summed E-state index contributed by atoms with van der Waals surface area (Å²) in [5.41, 5.74) is 3.72. The van der Waals surface area contributed by atoms with Gasteiger partial charge >= 0.3 is 0 Å². The number of aromatic nitrogens is 2. The maximum Gasteiger partial charge on any atom is 0.0679 e. The summed E-state index contributed by atoms with van der Waals surface area (Å²) in [4.78, 5) is 2.31. The predicted octanol–water partition coefficient (Wildman–Crippen LogP) is 1.09. The van der Waals surface area contributed by atoms with E-state index in [-0.39, 0.29) is 6.10 Å². The van der Waals surface area contributed by atoms with Crippen molar-refractivity contribution >= 4 is 0 Å². The molecule has 0 unspecified atom stereocenters. The molecule has 0 bridgehead atoms. The maximum atomic E-state index is 9.51. The fourth-order valence-corrected chi connectivity index (χ4v) is 2.45. The van der Waals surface area contributed by atoms with Gasteiger partial charge < -0.3 is 5.11 Å². The normalized spacial score (nSPS) is 21.9. The Hall–Kier alpha value is -0.870. The minimum absolute atomic E-state index is 0.137. The number of rotatable bonds is 3. The Balaban J connectivity index is 2.12. The van der Waals surface area contributed by atoms with Gasteiger partial charge in [-0.25, -0.2) is 0 Å². The van der Waals surface area contributed by atoms with Gasteiger partial charge in [0.05, 0.1) is 11.8 Å². The second-order valence-corrected chi connectivity index (χ2v) is 4.64. The predicted molar refractivity (Wildman–Crippen MR) is 63.3 cm³/mol. The van der Waals surface area contributed by atoms with Gasteiger partial charge in [0.15, 0.2) is 0 Å². The summed E-state index contributed by atoms with van der Waals surface area (Å²) in [6, 6.07) is 0. The Labute approximate surface area is 96.9 Å². The molecule has 1 aromatic heterocycles. The van der Waals surface area contributed by atoms with Crippen molar-refractivity contribution < 1.29 is 5.11 Å². The minimum atomic E-state index is -0.137. The smallest absolute Gasteiger partial charge is 0.0679 e. The molecule has 2 rings (SSSR count). The van der Waals surface area contributed by atoms with E-state index in [9.17, 15) is 5.11 Å². The van der Waals surface area contributed by atoms with E-state index >= 15 is 0 Å². The third kappa shape index (κ3) is 2.13. The van der Waals surface area contributed by atoms with Crippen LogP contribution in [0.5, 0.6) is 0 Å². The van der Waals surface area contributed by atoms with Crippen molar-refractivity contribution in [3.8, 4) is 0 Å². The van der Waals surface area contributed by atoms with Crippen LogP contribution in [-0.4, -0.2) is 39.0 Å². The lowest BCUT2D eigenvalue weighted by molar-refractivity contribution is 0.174. The number of aliphatic hydroxyl groups is 1. The molecule has 1 aromatic rings. The van der Waals surface area contributed by atoms with E-state index in [1.54, 1.807) is 0 Å². The second-order valence-electron chi connectivity index (χ2n) is 4.64. The van der Waals surface area contributed by atoms with E-state index in [1.165, 1.54) is 11.3 Å². The van der Waals surface area contributed by atoms with Crippen molar-refractivity contribution in [2.24, 2.45) is 0 Å². The van der Waals surface area contributed by atoms with Crippen LogP contribution in [0.25, 0.3) is 0 Å². The molecule has 16 heavy (non-hydrogen) atoms. The molecule has 0 spiro atoms. The zero-order valence-corrected chi connectivity index (χ0v) is 10.4. The van der Waals surface area contributed by atoms with Crippen LogP contribution in [0.3, 0.4) is 0 Å². The monoisotopic (exact) mass is 223 g/mol. The van der Waals surface area contributed by atoms with Crippen LogP contribution >= 0.6 is 0 Å². The van der Waals surface area contributed by atoms with Gasteiger partial charge in [-0.1, -0.05) is 0 Å². The van der Waals surface area contributed by atoms with Crippen LogP contribution in [0, 0.1) is 13.8 Å². The molecule has 0 aliphatic carbocycles. The average molecular weight is 223 g/mol. The lowest BCUT2D eigenvalue weighted by Gasteiger charge is -2.15.